The number of hydrogen-bond donors (Lipinski definition) is 1. The van der Waals surface area contributed by atoms with Gasteiger partial charge in [0.05, 0.1) is 12.3 Å². The third kappa shape index (κ3) is 5.36. The van der Waals surface area contributed by atoms with Crippen molar-refractivity contribution in [3.63, 3.8) is 0 Å². The Morgan fingerprint density at radius 3 is 3.00 bits per heavy atom. The van der Waals surface area contributed by atoms with Crippen molar-refractivity contribution in [2.75, 3.05) is 12.3 Å². The molecule has 0 atom stereocenters. The summed E-state index contributed by atoms with van der Waals surface area (Å²) in [6.07, 6.45) is 6.77. The van der Waals surface area contributed by atoms with E-state index in [0.29, 0.717) is 17.5 Å². The summed E-state index contributed by atoms with van der Waals surface area (Å²) in [6.45, 7) is 4.37. The van der Waals surface area contributed by atoms with Crippen LogP contribution in [0.4, 0.5) is 4.39 Å². The molecular weight excluding hydrogens is 343 g/mol. The molecule has 2 aromatic rings. The molecule has 0 radical (unpaired) electrons. The van der Waals surface area contributed by atoms with Crippen molar-refractivity contribution in [2.45, 2.75) is 18.3 Å². The van der Waals surface area contributed by atoms with Crippen molar-refractivity contribution in [3.05, 3.63) is 48.6 Å². The molecule has 0 spiro atoms. The number of thioether (sulfide) groups is 1. The summed E-state index contributed by atoms with van der Waals surface area (Å²) in [6, 6.07) is 6.13. The summed E-state index contributed by atoms with van der Waals surface area (Å²) < 4.78 is 20.8. The largest absolute Gasteiger partial charge is 0.483 e. The molecule has 0 aliphatic rings. The second-order valence-electron chi connectivity index (χ2n) is 4.79. The zero-order valence-electron chi connectivity index (χ0n) is 13.4. The maximum atomic E-state index is 13.6. The molecule has 8 heteroatoms. The van der Waals surface area contributed by atoms with Crippen molar-refractivity contribution < 1.29 is 13.9 Å². The van der Waals surface area contributed by atoms with Gasteiger partial charge >= 0.3 is 0 Å². The van der Waals surface area contributed by atoms with Crippen LogP contribution >= 0.6 is 11.8 Å². The van der Waals surface area contributed by atoms with Gasteiger partial charge in [-0.05, 0) is 12.1 Å². The first-order valence-electron chi connectivity index (χ1n) is 7.39. The van der Waals surface area contributed by atoms with Gasteiger partial charge in [-0.15, -0.1) is 23.2 Å². The number of nitrogens with zero attached hydrogens (tertiary/aromatic N) is 3. The standard InChI is InChI=1S/C17H17FN4O2S/c1-3-9-19-16(23)12-25-17-21-20-15(22(17)10-4-2)11-24-14-8-6-5-7-13(14)18/h1,4-8H,2,9-12H2,(H,19,23). The lowest BCUT2D eigenvalue weighted by molar-refractivity contribution is -0.118. The van der Waals surface area contributed by atoms with Gasteiger partial charge in [-0.2, -0.15) is 0 Å². The van der Waals surface area contributed by atoms with E-state index in [4.69, 9.17) is 11.2 Å². The number of aromatic nitrogens is 3. The number of halogens is 1. The van der Waals surface area contributed by atoms with Crippen molar-refractivity contribution in [2.24, 2.45) is 0 Å². The Hall–Kier alpha value is -2.79. The fraction of sp³-hybridized carbons (Fsp3) is 0.235. The first-order chi connectivity index (χ1) is 12.2. The SMILES string of the molecule is C#CCNC(=O)CSc1nnc(COc2ccccc2F)n1CC=C. The zero-order chi connectivity index (χ0) is 18.1. The molecule has 1 N–H and O–H groups in total. The van der Waals surface area contributed by atoms with E-state index < -0.39 is 5.82 Å². The molecule has 0 bridgehead atoms. The van der Waals surface area contributed by atoms with Crippen molar-refractivity contribution >= 4 is 17.7 Å². The van der Waals surface area contributed by atoms with E-state index in [1.165, 1.54) is 23.9 Å². The Morgan fingerprint density at radius 2 is 2.28 bits per heavy atom. The number of hydrogen-bond acceptors (Lipinski definition) is 5. The third-order valence-electron chi connectivity index (χ3n) is 3.02. The van der Waals surface area contributed by atoms with Crippen LogP contribution in [0.15, 0.2) is 42.1 Å². The molecule has 0 fully saturated rings. The fourth-order valence-corrected chi connectivity index (χ4v) is 2.68. The number of carbonyl (C=O) groups excluding carboxylic acids is 1. The lowest BCUT2D eigenvalue weighted by atomic mass is 10.3. The van der Waals surface area contributed by atoms with Crippen molar-refractivity contribution in [3.8, 4) is 18.1 Å². The van der Waals surface area contributed by atoms with Gasteiger partial charge in [0.1, 0.15) is 6.61 Å². The third-order valence-corrected chi connectivity index (χ3v) is 3.99. The number of para-hydroxylation sites is 1. The Kier molecular flexibility index (Phi) is 7.04. The summed E-state index contributed by atoms with van der Waals surface area (Å²) in [5.74, 6) is 2.50. The number of allylic oxidation sites excluding steroid dienone is 1. The fourth-order valence-electron chi connectivity index (χ4n) is 1.88. The van der Waals surface area contributed by atoms with Crippen LogP contribution in [0.3, 0.4) is 0 Å². The molecule has 130 valence electrons. The maximum Gasteiger partial charge on any atom is 0.231 e. The zero-order valence-corrected chi connectivity index (χ0v) is 14.3. The molecule has 0 saturated heterocycles. The Morgan fingerprint density at radius 1 is 1.48 bits per heavy atom. The van der Waals surface area contributed by atoms with Gasteiger partial charge in [0.25, 0.3) is 0 Å². The highest BCUT2D eigenvalue weighted by atomic mass is 32.2. The Labute approximate surface area is 149 Å². The molecule has 0 saturated carbocycles. The van der Waals surface area contributed by atoms with Crippen LogP contribution < -0.4 is 10.1 Å². The van der Waals surface area contributed by atoms with Crippen LogP contribution in [0, 0.1) is 18.2 Å². The molecule has 1 amide bonds. The molecule has 25 heavy (non-hydrogen) atoms. The van der Waals surface area contributed by atoms with E-state index in [2.05, 4.69) is 28.0 Å². The van der Waals surface area contributed by atoms with Gasteiger partial charge in [-0.3, -0.25) is 9.36 Å². The lowest BCUT2D eigenvalue weighted by Gasteiger charge is -2.09. The highest BCUT2D eigenvalue weighted by Crippen LogP contribution is 2.20. The van der Waals surface area contributed by atoms with Crippen molar-refractivity contribution in [1.29, 1.82) is 0 Å². The summed E-state index contributed by atoms with van der Waals surface area (Å²) in [5.41, 5.74) is 0. The molecule has 0 unspecified atom stereocenters. The van der Waals surface area contributed by atoms with E-state index in [-0.39, 0.29) is 30.6 Å². The van der Waals surface area contributed by atoms with Crippen LogP contribution in [0.25, 0.3) is 0 Å². The van der Waals surface area contributed by atoms with Gasteiger partial charge < -0.3 is 10.1 Å². The minimum atomic E-state index is -0.447. The van der Waals surface area contributed by atoms with Crippen LogP contribution in [-0.4, -0.2) is 33.0 Å². The van der Waals surface area contributed by atoms with Crippen molar-refractivity contribution in [1.82, 2.24) is 20.1 Å². The van der Waals surface area contributed by atoms with Gasteiger partial charge in [0, 0.05) is 6.54 Å². The summed E-state index contributed by atoms with van der Waals surface area (Å²) in [5, 5.41) is 11.2. The Balaban J connectivity index is 2.03. The second kappa shape index (κ2) is 9.49. The van der Waals surface area contributed by atoms with Crippen LogP contribution in [0.5, 0.6) is 5.75 Å². The predicted molar refractivity (Wildman–Crippen MR) is 93.5 cm³/mol. The molecule has 6 nitrogen and oxygen atoms in total. The highest BCUT2D eigenvalue weighted by molar-refractivity contribution is 7.99. The van der Waals surface area contributed by atoms with Gasteiger partial charge in [-0.25, -0.2) is 4.39 Å². The van der Waals surface area contributed by atoms with Crippen LogP contribution in [0.1, 0.15) is 5.82 Å². The summed E-state index contributed by atoms with van der Waals surface area (Å²) in [7, 11) is 0. The topological polar surface area (TPSA) is 69.0 Å². The number of terminal acetylenes is 1. The second-order valence-corrected chi connectivity index (χ2v) is 5.73. The number of rotatable bonds is 9. The molecule has 1 aromatic carbocycles. The number of amides is 1. The first-order valence-corrected chi connectivity index (χ1v) is 8.37. The van der Waals surface area contributed by atoms with E-state index in [1.54, 1.807) is 22.8 Å². The average Bonchev–Trinajstić information content (AvgIpc) is 2.99. The van der Waals surface area contributed by atoms with Crippen LogP contribution in [-0.2, 0) is 17.9 Å². The van der Waals surface area contributed by atoms with Crippen LogP contribution in [0.2, 0.25) is 0 Å². The molecule has 0 aliphatic carbocycles. The maximum absolute atomic E-state index is 13.6. The average molecular weight is 360 g/mol. The van der Waals surface area contributed by atoms with E-state index in [0.717, 1.165) is 0 Å². The Bertz CT molecular complexity index is 785. The molecule has 2 rings (SSSR count). The van der Waals surface area contributed by atoms with E-state index in [1.807, 2.05) is 0 Å². The van der Waals surface area contributed by atoms with Gasteiger partial charge in [-0.1, -0.05) is 35.9 Å². The molecular formula is C17H17FN4O2S. The number of benzene rings is 1. The first kappa shape index (κ1) is 18.5. The van der Waals surface area contributed by atoms with E-state index in [9.17, 15) is 9.18 Å². The summed E-state index contributed by atoms with van der Waals surface area (Å²) >= 11 is 1.22. The highest BCUT2D eigenvalue weighted by Gasteiger charge is 2.14. The van der Waals surface area contributed by atoms with Gasteiger partial charge in [0.2, 0.25) is 5.91 Å². The number of carbonyl (C=O) groups is 1. The predicted octanol–water partition coefficient (Wildman–Crippen LogP) is 2.02. The van der Waals surface area contributed by atoms with E-state index >= 15 is 0 Å². The summed E-state index contributed by atoms with van der Waals surface area (Å²) in [4.78, 5) is 11.6. The minimum Gasteiger partial charge on any atom is -0.483 e. The minimum absolute atomic E-state index is 0.0472. The van der Waals surface area contributed by atoms with Gasteiger partial charge in [0.15, 0.2) is 22.5 Å². The quantitative estimate of drug-likeness (QED) is 0.421. The molecule has 0 aliphatic heterocycles. The number of ether oxygens (including phenoxy) is 1. The smallest absolute Gasteiger partial charge is 0.231 e. The monoisotopic (exact) mass is 360 g/mol. The lowest BCUT2D eigenvalue weighted by Crippen LogP contribution is -2.25. The normalized spacial score (nSPS) is 10.1. The number of nitrogens with one attached hydrogen (secondary N) is 1. The molecule has 1 aromatic heterocycles. The molecule has 1 heterocycles.